The number of nitrogens with zero attached hydrogens (tertiary/aromatic N) is 2. The Morgan fingerprint density at radius 2 is 1.10 bits per heavy atom. The zero-order valence-corrected chi connectivity index (χ0v) is 30.0. The maximum atomic E-state index is 2.71. The van der Waals surface area contributed by atoms with Gasteiger partial charge in [0.05, 0.1) is 11.0 Å². The first-order valence-electron chi connectivity index (χ1n) is 18.6. The molecule has 0 unspecified atom stereocenters. The minimum atomic E-state index is 0.0507. The standard InChI is InChI=1S/C49H35BN2/c1-26-9-6-10-27(2)42(26)33-19-22-39-35(23-33)36-24-34(43-28(3)11-7-12-29(43)4)25-37-44-30(5)15-21-41-47(44)50(52(39)48(36)37)38-20-18-32-17-16-31-13-8-14-40-45(31)46(32)49(38)51(40)41/h6-25H,1-5H3. The molecule has 0 radical (unpaired) electrons. The van der Waals surface area contributed by atoms with Crippen LogP contribution in [0.15, 0.2) is 121 Å². The second-order valence-corrected chi connectivity index (χ2v) is 15.5. The third-order valence-corrected chi connectivity index (χ3v) is 12.7. The molecule has 12 rings (SSSR count). The van der Waals surface area contributed by atoms with E-state index in [4.69, 9.17) is 0 Å². The first-order valence-corrected chi connectivity index (χ1v) is 18.6. The van der Waals surface area contributed by atoms with Crippen LogP contribution in [-0.2, 0) is 0 Å². The molecule has 2 nitrogen and oxygen atoms in total. The van der Waals surface area contributed by atoms with Crippen molar-refractivity contribution in [2.75, 3.05) is 0 Å². The van der Waals surface area contributed by atoms with Crippen LogP contribution >= 0.6 is 0 Å². The monoisotopic (exact) mass is 662 g/mol. The fraction of sp³-hybridized carbons (Fsp3) is 0.102. The third kappa shape index (κ3) is 3.33. The van der Waals surface area contributed by atoms with Gasteiger partial charge in [0.25, 0.3) is 0 Å². The molecule has 0 bridgehead atoms. The first kappa shape index (κ1) is 28.6. The highest BCUT2D eigenvalue weighted by Crippen LogP contribution is 2.48. The highest BCUT2D eigenvalue weighted by molar-refractivity contribution is 6.90. The number of hydrogen-bond acceptors (Lipinski definition) is 0. The summed E-state index contributed by atoms with van der Waals surface area (Å²) in [5.41, 5.74) is 24.0. The largest absolute Gasteiger partial charge is 0.375 e. The van der Waals surface area contributed by atoms with Gasteiger partial charge in [0.2, 0.25) is 0 Å². The molecule has 2 aromatic heterocycles. The van der Waals surface area contributed by atoms with Crippen LogP contribution in [-0.4, -0.2) is 15.9 Å². The van der Waals surface area contributed by atoms with Gasteiger partial charge >= 0.3 is 6.85 Å². The molecule has 0 N–H and O–H groups in total. The van der Waals surface area contributed by atoms with Crippen molar-refractivity contribution in [1.29, 1.82) is 0 Å². The topological polar surface area (TPSA) is 9.86 Å². The Labute approximate surface area is 303 Å². The van der Waals surface area contributed by atoms with E-state index in [1.165, 1.54) is 132 Å². The number of fused-ring (bicyclic) bond motifs is 8. The molecule has 52 heavy (non-hydrogen) atoms. The van der Waals surface area contributed by atoms with E-state index in [9.17, 15) is 0 Å². The molecule has 3 heteroatoms. The second kappa shape index (κ2) is 9.63. The van der Waals surface area contributed by atoms with Crippen LogP contribution in [0.4, 0.5) is 0 Å². The summed E-state index contributed by atoms with van der Waals surface area (Å²) in [4.78, 5) is 0. The van der Waals surface area contributed by atoms with Crippen molar-refractivity contribution in [1.82, 2.24) is 9.05 Å². The minimum Gasteiger partial charge on any atom is -0.375 e. The fourth-order valence-electron chi connectivity index (χ4n) is 10.6. The molecule has 244 valence electrons. The molecular formula is C49H35BN2. The van der Waals surface area contributed by atoms with E-state index in [1.54, 1.807) is 0 Å². The average molecular weight is 663 g/mol. The summed E-state index contributed by atoms with van der Waals surface area (Å²) >= 11 is 0. The molecule has 0 amide bonds. The van der Waals surface area contributed by atoms with E-state index in [2.05, 4.69) is 165 Å². The molecule has 0 fully saturated rings. The molecule has 2 aliphatic heterocycles. The number of benzene rings is 8. The first-order chi connectivity index (χ1) is 25.4. The van der Waals surface area contributed by atoms with Gasteiger partial charge < -0.3 is 9.05 Å². The molecule has 0 saturated carbocycles. The van der Waals surface area contributed by atoms with Gasteiger partial charge in [-0.25, -0.2) is 0 Å². The Morgan fingerprint density at radius 1 is 0.462 bits per heavy atom. The van der Waals surface area contributed by atoms with Gasteiger partial charge in [0.15, 0.2) is 0 Å². The van der Waals surface area contributed by atoms with Crippen molar-refractivity contribution in [3.8, 4) is 39.1 Å². The van der Waals surface area contributed by atoms with Gasteiger partial charge in [-0.3, -0.25) is 0 Å². The van der Waals surface area contributed by atoms with E-state index in [-0.39, 0.29) is 6.85 Å². The van der Waals surface area contributed by atoms with Crippen molar-refractivity contribution in [3.63, 3.8) is 0 Å². The van der Waals surface area contributed by atoms with E-state index >= 15 is 0 Å². The minimum absolute atomic E-state index is 0.0507. The van der Waals surface area contributed by atoms with Crippen LogP contribution < -0.4 is 10.9 Å². The summed E-state index contributed by atoms with van der Waals surface area (Å²) in [5, 5.41) is 8.04. The van der Waals surface area contributed by atoms with Crippen LogP contribution in [0, 0.1) is 34.6 Å². The van der Waals surface area contributed by atoms with Gasteiger partial charge in [-0.1, -0.05) is 84.9 Å². The van der Waals surface area contributed by atoms with Gasteiger partial charge in [-0.15, -0.1) is 0 Å². The lowest BCUT2D eigenvalue weighted by molar-refractivity contribution is 1.17. The van der Waals surface area contributed by atoms with Crippen LogP contribution in [0.1, 0.15) is 27.8 Å². The molecule has 2 aliphatic rings. The number of hydrogen-bond donors (Lipinski definition) is 0. The molecule has 4 heterocycles. The van der Waals surface area contributed by atoms with E-state index < -0.39 is 0 Å². The Kier molecular flexibility index (Phi) is 5.30. The summed E-state index contributed by atoms with van der Waals surface area (Å²) < 4.78 is 5.31. The second-order valence-electron chi connectivity index (χ2n) is 15.5. The van der Waals surface area contributed by atoms with Crippen LogP contribution in [0.25, 0.3) is 93.5 Å². The number of aryl methyl sites for hydroxylation is 5. The third-order valence-electron chi connectivity index (χ3n) is 12.7. The Hall–Kier alpha value is -6.06. The van der Waals surface area contributed by atoms with Crippen LogP contribution in [0.5, 0.6) is 0 Å². The molecule has 0 spiro atoms. The van der Waals surface area contributed by atoms with Gasteiger partial charge in [-0.05, 0) is 148 Å². The van der Waals surface area contributed by atoms with Crippen molar-refractivity contribution in [2.24, 2.45) is 0 Å². The summed E-state index contributed by atoms with van der Waals surface area (Å²) in [6, 6.07) is 46.6. The smallest absolute Gasteiger partial charge is 0.333 e. The maximum Gasteiger partial charge on any atom is 0.333 e. The van der Waals surface area contributed by atoms with Crippen LogP contribution in [0.2, 0.25) is 0 Å². The van der Waals surface area contributed by atoms with Crippen molar-refractivity contribution >= 4 is 72.2 Å². The molecule has 8 aromatic carbocycles. The molecular weight excluding hydrogens is 627 g/mol. The van der Waals surface area contributed by atoms with E-state index in [0.717, 1.165) is 0 Å². The van der Waals surface area contributed by atoms with E-state index in [1.807, 2.05) is 0 Å². The lowest BCUT2D eigenvalue weighted by Gasteiger charge is -2.35. The average Bonchev–Trinajstić information content (AvgIpc) is 3.66. The highest BCUT2D eigenvalue weighted by Gasteiger charge is 2.42. The van der Waals surface area contributed by atoms with Crippen molar-refractivity contribution in [2.45, 2.75) is 34.6 Å². The normalized spacial score (nSPS) is 13.1. The maximum absolute atomic E-state index is 2.71. The molecule has 0 atom stereocenters. The van der Waals surface area contributed by atoms with Gasteiger partial charge in [0, 0.05) is 43.8 Å². The Balaban J connectivity index is 1.29. The predicted molar refractivity (Wildman–Crippen MR) is 223 cm³/mol. The zero-order chi connectivity index (χ0) is 34.7. The quantitative estimate of drug-likeness (QED) is 0.129. The lowest BCUT2D eigenvalue weighted by atomic mass is 9.45. The molecule has 10 aromatic rings. The predicted octanol–water partition coefficient (Wildman–Crippen LogP) is 11.3. The summed E-state index contributed by atoms with van der Waals surface area (Å²) in [5.74, 6) is 0. The lowest BCUT2D eigenvalue weighted by Crippen LogP contribution is -2.55. The van der Waals surface area contributed by atoms with Crippen molar-refractivity contribution < 1.29 is 0 Å². The molecule has 0 saturated heterocycles. The van der Waals surface area contributed by atoms with Crippen LogP contribution in [0.3, 0.4) is 0 Å². The molecule has 0 aliphatic carbocycles. The zero-order valence-electron chi connectivity index (χ0n) is 30.0. The number of rotatable bonds is 2. The summed E-state index contributed by atoms with van der Waals surface area (Å²) in [6.07, 6.45) is 0. The Morgan fingerprint density at radius 3 is 1.85 bits per heavy atom. The van der Waals surface area contributed by atoms with Crippen molar-refractivity contribution in [3.05, 3.63) is 149 Å². The highest BCUT2D eigenvalue weighted by atomic mass is 15.0. The number of aromatic nitrogens is 2. The van der Waals surface area contributed by atoms with Gasteiger partial charge in [-0.2, -0.15) is 0 Å². The Bertz CT molecular complexity index is 3200. The summed E-state index contributed by atoms with van der Waals surface area (Å²) in [7, 11) is 0. The van der Waals surface area contributed by atoms with Gasteiger partial charge in [0.1, 0.15) is 0 Å². The fourth-order valence-corrected chi connectivity index (χ4v) is 10.6. The van der Waals surface area contributed by atoms with E-state index in [0.29, 0.717) is 0 Å². The summed E-state index contributed by atoms with van der Waals surface area (Å²) in [6.45, 7) is 11.4. The SMILES string of the molecule is Cc1cccc(C)c1-c1ccc2c(c1)c1cc(-c3c(C)cccc3C)cc3c1n2B1c2c(ccc(C)c2-3)-n2c3cccc4ccc5ccc1c2c5c43.